The minimum Gasteiger partial charge on any atom is -0.396 e. The van der Waals surface area contributed by atoms with Crippen molar-refractivity contribution < 1.29 is 14.7 Å². The lowest BCUT2D eigenvalue weighted by molar-refractivity contribution is -0.121. The molecule has 1 aliphatic carbocycles. The van der Waals surface area contributed by atoms with Crippen molar-refractivity contribution in [2.24, 2.45) is 11.1 Å². The molecule has 8 rings (SSSR count). The van der Waals surface area contributed by atoms with E-state index in [2.05, 4.69) is 60.6 Å². The van der Waals surface area contributed by atoms with Gasteiger partial charge in [0.25, 0.3) is 0 Å². The number of nitrogens with zero attached hydrogens (tertiary/aromatic N) is 8. The van der Waals surface area contributed by atoms with Gasteiger partial charge in [-0.25, -0.2) is 14.8 Å². The Morgan fingerprint density at radius 3 is 2.25 bits per heavy atom. The van der Waals surface area contributed by atoms with E-state index < -0.39 is 24.0 Å². The number of aromatic nitrogens is 5. The summed E-state index contributed by atoms with van der Waals surface area (Å²) in [6, 6.07) is 24.6. The van der Waals surface area contributed by atoms with E-state index in [1.807, 2.05) is 64.1 Å². The quantitative estimate of drug-likeness (QED) is 0.0958. The number of piperidine rings is 1. The summed E-state index contributed by atoms with van der Waals surface area (Å²) in [5, 5.41) is 27.3. The van der Waals surface area contributed by atoms with Gasteiger partial charge >= 0.3 is 6.03 Å². The van der Waals surface area contributed by atoms with Crippen LogP contribution in [0.2, 0.25) is 0 Å². The van der Waals surface area contributed by atoms with Gasteiger partial charge in [-0.15, -0.1) is 0 Å². The number of carbonyl (C=O) groups is 2. The van der Waals surface area contributed by atoms with Crippen LogP contribution in [0.5, 0.6) is 0 Å². The second-order valence-electron chi connectivity index (χ2n) is 15.7. The maximum absolute atomic E-state index is 13.5. The fourth-order valence-corrected chi connectivity index (χ4v) is 8.90. The zero-order chi connectivity index (χ0) is 40.7. The fourth-order valence-electron chi connectivity index (χ4n) is 8.90. The minimum atomic E-state index is -0.823. The number of imidazole rings is 1. The summed E-state index contributed by atoms with van der Waals surface area (Å²) in [6.07, 6.45) is 6.50. The standard InChI is InChI=1S/C43H52N12O4/c1-2-37(57)49-34-23-35(33(26-56)38(34)52-59)55-27-46-39-40(45-24-32(28-11-5-3-6-12-28)29-13-7-4-8-14-29)50-42(51-41(39)55)47-31-18-22-54(25-31)43(58)48-30-16-20-53(21-17-30)36-15-9-10-19-44-36/h3-15,19,27,30-35,38,56H,2,16-18,20-26H2,1H3,(H,48,58)(H,49,57)(H2,45,47,50,51). The molecule has 5 aromatic rings. The summed E-state index contributed by atoms with van der Waals surface area (Å²) in [7, 11) is 0. The number of nitroso groups, excluding NO2 is 1. The third kappa shape index (κ3) is 8.82. The second kappa shape index (κ2) is 18.2. The van der Waals surface area contributed by atoms with Gasteiger partial charge in [-0.3, -0.25) is 4.79 Å². The number of aliphatic hydroxyl groups is 1. The number of fused-ring (bicyclic) bond motifs is 1. The number of amides is 3. The van der Waals surface area contributed by atoms with Crippen LogP contribution in [0.25, 0.3) is 11.2 Å². The van der Waals surface area contributed by atoms with Crippen LogP contribution in [0.15, 0.2) is 96.6 Å². The topological polar surface area (TPSA) is 195 Å². The van der Waals surface area contributed by atoms with E-state index in [4.69, 9.17) is 15.0 Å². The van der Waals surface area contributed by atoms with E-state index in [0.717, 1.165) is 42.9 Å². The van der Waals surface area contributed by atoms with Crippen molar-refractivity contribution in [1.29, 1.82) is 0 Å². The van der Waals surface area contributed by atoms with Crippen molar-refractivity contribution in [1.82, 2.24) is 40.0 Å². The number of carbonyl (C=O) groups excluding carboxylic acids is 2. The van der Waals surface area contributed by atoms with Crippen molar-refractivity contribution in [3.8, 4) is 0 Å². The highest BCUT2D eigenvalue weighted by atomic mass is 16.3. The lowest BCUT2D eigenvalue weighted by Crippen LogP contribution is -2.49. The van der Waals surface area contributed by atoms with Gasteiger partial charge in [-0.1, -0.05) is 78.8 Å². The van der Waals surface area contributed by atoms with Crippen LogP contribution in [0.3, 0.4) is 0 Å². The van der Waals surface area contributed by atoms with Gasteiger partial charge in [-0.2, -0.15) is 14.9 Å². The molecule has 5 heterocycles. The molecular formula is C43H52N12O4. The Balaban J connectivity index is 1.03. The van der Waals surface area contributed by atoms with E-state index in [9.17, 15) is 19.6 Å². The molecule has 3 aromatic heterocycles. The summed E-state index contributed by atoms with van der Waals surface area (Å²) < 4.78 is 1.88. The number of anilines is 3. The van der Waals surface area contributed by atoms with Crippen LogP contribution in [0, 0.1) is 10.8 Å². The fraction of sp³-hybridized carbons (Fsp3) is 0.442. The lowest BCUT2D eigenvalue weighted by Gasteiger charge is -2.33. The highest BCUT2D eigenvalue weighted by Crippen LogP contribution is 2.40. The Labute approximate surface area is 343 Å². The van der Waals surface area contributed by atoms with Crippen LogP contribution in [0.1, 0.15) is 62.1 Å². The summed E-state index contributed by atoms with van der Waals surface area (Å²) in [4.78, 5) is 61.4. The summed E-state index contributed by atoms with van der Waals surface area (Å²) in [6.45, 7) is 4.68. The number of aliphatic hydroxyl groups excluding tert-OH is 1. The van der Waals surface area contributed by atoms with Gasteiger partial charge < -0.3 is 40.7 Å². The molecule has 16 nitrogen and oxygen atoms in total. The van der Waals surface area contributed by atoms with Crippen molar-refractivity contribution >= 4 is 40.7 Å². The maximum atomic E-state index is 13.5. The third-order valence-corrected chi connectivity index (χ3v) is 12.1. The number of hydrogen-bond acceptors (Lipinski definition) is 12. The van der Waals surface area contributed by atoms with E-state index in [0.29, 0.717) is 55.4 Å². The van der Waals surface area contributed by atoms with Crippen molar-refractivity contribution in [2.45, 2.75) is 75.2 Å². The number of nitrogens with one attached hydrogen (secondary N) is 4. The number of pyridine rings is 1. The van der Waals surface area contributed by atoms with Gasteiger partial charge in [-0.05, 0) is 48.9 Å². The smallest absolute Gasteiger partial charge is 0.317 e. The van der Waals surface area contributed by atoms with E-state index in [1.165, 1.54) is 0 Å². The molecule has 5 unspecified atom stereocenters. The molecular weight excluding hydrogens is 749 g/mol. The number of benzene rings is 2. The molecule has 0 radical (unpaired) electrons. The average Bonchev–Trinajstić information content (AvgIpc) is 4.02. The Hall–Kier alpha value is -6.16. The molecule has 2 saturated heterocycles. The normalized spacial score (nSPS) is 22.1. The zero-order valence-electron chi connectivity index (χ0n) is 33.2. The molecule has 5 atom stereocenters. The molecule has 0 spiro atoms. The minimum absolute atomic E-state index is 0.000941. The third-order valence-electron chi connectivity index (χ3n) is 12.1. The van der Waals surface area contributed by atoms with Gasteiger partial charge in [0.05, 0.1) is 19.0 Å². The molecule has 2 aliphatic heterocycles. The first-order valence-corrected chi connectivity index (χ1v) is 20.7. The molecule has 3 amide bonds. The van der Waals surface area contributed by atoms with E-state index in [1.54, 1.807) is 19.4 Å². The first-order chi connectivity index (χ1) is 28.9. The molecule has 308 valence electrons. The number of hydrogen-bond donors (Lipinski definition) is 5. The van der Waals surface area contributed by atoms with Crippen molar-refractivity contribution in [3.05, 3.63) is 107 Å². The summed E-state index contributed by atoms with van der Waals surface area (Å²) >= 11 is 0. The van der Waals surface area contributed by atoms with Crippen LogP contribution in [-0.2, 0) is 4.79 Å². The number of rotatable bonds is 14. The van der Waals surface area contributed by atoms with Crippen LogP contribution in [-0.4, -0.2) is 110 Å². The second-order valence-corrected chi connectivity index (χ2v) is 15.7. The number of urea groups is 1. The van der Waals surface area contributed by atoms with Gasteiger partial charge in [0, 0.05) is 75.3 Å². The Morgan fingerprint density at radius 1 is 0.881 bits per heavy atom. The molecule has 5 N–H and O–H groups in total. The lowest BCUT2D eigenvalue weighted by atomic mass is 9.91. The van der Waals surface area contributed by atoms with Crippen LogP contribution >= 0.6 is 0 Å². The maximum Gasteiger partial charge on any atom is 0.317 e. The summed E-state index contributed by atoms with van der Waals surface area (Å²) in [5.74, 6) is 1.10. The van der Waals surface area contributed by atoms with Crippen LogP contribution in [0.4, 0.5) is 22.4 Å². The van der Waals surface area contributed by atoms with Crippen LogP contribution < -0.4 is 26.2 Å². The van der Waals surface area contributed by atoms with E-state index in [-0.39, 0.29) is 43.0 Å². The monoisotopic (exact) mass is 800 g/mol. The molecule has 16 heteroatoms. The summed E-state index contributed by atoms with van der Waals surface area (Å²) in [5.41, 5.74) is 3.34. The zero-order valence-corrected chi connectivity index (χ0v) is 33.2. The highest BCUT2D eigenvalue weighted by molar-refractivity contribution is 5.84. The van der Waals surface area contributed by atoms with Gasteiger partial charge in [0.15, 0.2) is 17.0 Å². The molecule has 3 fully saturated rings. The molecule has 1 saturated carbocycles. The predicted octanol–water partition coefficient (Wildman–Crippen LogP) is 4.91. The Morgan fingerprint density at radius 2 is 1.59 bits per heavy atom. The Bertz CT molecular complexity index is 2150. The predicted molar refractivity (Wildman–Crippen MR) is 226 cm³/mol. The van der Waals surface area contributed by atoms with Crippen molar-refractivity contribution in [3.63, 3.8) is 0 Å². The van der Waals surface area contributed by atoms with E-state index >= 15 is 0 Å². The first kappa shape index (κ1) is 39.7. The molecule has 3 aliphatic rings. The largest absolute Gasteiger partial charge is 0.396 e. The molecule has 0 bridgehead atoms. The van der Waals surface area contributed by atoms with Gasteiger partial charge in [0.2, 0.25) is 11.9 Å². The number of likely N-dealkylation sites (tertiary alicyclic amines) is 1. The first-order valence-electron chi connectivity index (χ1n) is 20.7. The Kier molecular flexibility index (Phi) is 12.2. The molecule has 2 aromatic carbocycles. The van der Waals surface area contributed by atoms with Gasteiger partial charge in [0.1, 0.15) is 11.9 Å². The SMILES string of the molecule is CCC(=O)NC1CC(n2cnc3c(NCC(c4ccccc4)c4ccccc4)nc(NC4CCN(C(=O)NC5CCN(c6ccccn6)CC5)C4)nc32)C(CO)C1N=O. The highest BCUT2D eigenvalue weighted by Gasteiger charge is 2.46. The molecule has 59 heavy (non-hydrogen) atoms. The average molecular weight is 801 g/mol. The van der Waals surface area contributed by atoms with Crippen molar-refractivity contribution in [2.75, 3.05) is 54.9 Å².